The highest BCUT2D eigenvalue weighted by Crippen LogP contribution is 2.31. The zero-order valence-electron chi connectivity index (χ0n) is 10.0. The topological polar surface area (TPSA) is 43.4 Å². The van der Waals surface area contributed by atoms with Crippen molar-refractivity contribution in [3.63, 3.8) is 0 Å². The van der Waals surface area contributed by atoms with E-state index in [-0.39, 0.29) is 6.61 Å². The van der Waals surface area contributed by atoms with Gasteiger partial charge in [-0.2, -0.15) is 0 Å². The van der Waals surface area contributed by atoms with Crippen LogP contribution in [0.1, 0.15) is 34.0 Å². The highest BCUT2D eigenvalue weighted by molar-refractivity contribution is 7.60. The molecular formula is C12H16O3P+. The van der Waals surface area contributed by atoms with Crippen LogP contribution in [0.5, 0.6) is 0 Å². The second kappa shape index (κ2) is 5.33. The molecule has 0 saturated carbocycles. The van der Waals surface area contributed by atoms with E-state index in [4.69, 9.17) is 4.52 Å². The van der Waals surface area contributed by atoms with Crippen LogP contribution < -0.4 is 0 Å². The summed E-state index contributed by atoms with van der Waals surface area (Å²) < 4.78 is 16.4. The Labute approximate surface area is 96.7 Å². The quantitative estimate of drug-likeness (QED) is 0.755. The van der Waals surface area contributed by atoms with Gasteiger partial charge in [0.05, 0.1) is 5.56 Å². The van der Waals surface area contributed by atoms with Crippen molar-refractivity contribution in [3.05, 3.63) is 34.4 Å². The summed E-state index contributed by atoms with van der Waals surface area (Å²) >= 11 is 0. The Morgan fingerprint density at radius 2 is 1.75 bits per heavy atom. The molecule has 0 saturated heterocycles. The molecule has 1 unspecified atom stereocenters. The van der Waals surface area contributed by atoms with E-state index in [1.807, 2.05) is 32.9 Å². The van der Waals surface area contributed by atoms with Gasteiger partial charge in [-0.3, -0.25) is 0 Å². The Kier molecular flexibility index (Phi) is 4.34. The monoisotopic (exact) mass is 239 g/mol. The summed E-state index contributed by atoms with van der Waals surface area (Å²) in [6.45, 7) is 7.67. The van der Waals surface area contributed by atoms with Crippen molar-refractivity contribution >= 4 is 13.6 Å². The summed E-state index contributed by atoms with van der Waals surface area (Å²) in [6, 6.07) is 3.82. The number of carbonyl (C=O) groups is 1. The molecule has 0 aliphatic carbocycles. The highest BCUT2D eigenvalue weighted by atomic mass is 31.1. The minimum atomic E-state index is -2.25. The number of benzene rings is 1. The molecule has 0 radical (unpaired) electrons. The second-order valence-electron chi connectivity index (χ2n) is 3.75. The number of carbonyl (C=O) groups excluding carboxylic acids is 1. The van der Waals surface area contributed by atoms with Gasteiger partial charge >= 0.3 is 13.6 Å². The fourth-order valence-electron chi connectivity index (χ4n) is 1.78. The maximum atomic E-state index is 11.9. The fourth-order valence-corrected chi connectivity index (χ4v) is 2.67. The Balaban J connectivity index is 3.14. The zero-order valence-corrected chi connectivity index (χ0v) is 10.9. The van der Waals surface area contributed by atoms with Crippen LogP contribution >= 0.6 is 8.03 Å². The summed E-state index contributed by atoms with van der Waals surface area (Å²) in [5.41, 5.74) is 2.92. The van der Waals surface area contributed by atoms with Gasteiger partial charge in [0.25, 0.3) is 0 Å². The first kappa shape index (κ1) is 13.0. The molecule has 1 atom stereocenters. The number of aryl methyl sites for hydroxylation is 3. The van der Waals surface area contributed by atoms with Crippen LogP contribution in [0.15, 0.2) is 12.1 Å². The minimum Gasteiger partial charge on any atom is -0.231 e. The molecule has 0 heterocycles. The average molecular weight is 239 g/mol. The Morgan fingerprint density at radius 3 is 2.19 bits per heavy atom. The molecule has 0 aromatic heterocycles. The van der Waals surface area contributed by atoms with Gasteiger partial charge in [-0.25, -0.2) is 4.79 Å². The molecule has 0 aliphatic heterocycles. The average Bonchev–Trinajstić information content (AvgIpc) is 2.16. The summed E-state index contributed by atoms with van der Waals surface area (Å²) in [5, 5.41) is 0. The van der Waals surface area contributed by atoms with Crippen molar-refractivity contribution in [2.75, 3.05) is 6.61 Å². The van der Waals surface area contributed by atoms with Crippen molar-refractivity contribution in [1.82, 2.24) is 0 Å². The molecule has 3 nitrogen and oxygen atoms in total. The lowest BCUT2D eigenvalue weighted by molar-refractivity contribution is 0.106. The van der Waals surface area contributed by atoms with E-state index >= 15 is 0 Å². The molecule has 4 heteroatoms. The highest BCUT2D eigenvalue weighted by Gasteiger charge is 2.34. The third-order valence-electron chi connectivity index (χ3n) is 2.30. The van der Waals surface area contributed by atoms with Gasteiger partial charge in [0.2, 0.25) is 0 Å². The summed E-state index contributed by atoms with van der Waals surface area (Å²) in [4.78, 5) is 11.9. The fraction of sp³-hybridized carbons (Fsp3) is 0.417. The van der Waals surface area contributed by atoms with Gasteiger partial charge in [0, 0.05) is 0 Å². The van der Waals surface area contributed by atoms with Crippen LogP contribution in [0.25, 0.3) is 0 Å². The van der Waals surface area contributed by atoms with Gasteiger partial charge in [-0.1, -0.05) is 17.7 Å². The van der Waals surface area contributed by atoms with Gasteiger partial charge in [-0.15, -0.1) is 4.52 Å². The van der Waals surface area contributed by atoms with Crippen molar-refractivity contribution in [3.8, 4) is 0 Å². The van der Waals surface area contributed by atoms with Gasteiger partial charge in [0.15, 0.2) is 0 Å². The SMILES string of the molecule is CCO[P+](=O)C(=O)c1c(C)cc(C)cc1C. The Morgan fingerprint density at radius 1 is 1.25 bits per heavy atom. The summed E-state index contributed by atoms with van der Waals surface area (Å²) in [6.07, 6.45) is 0. The van der Waals surface area contributed by atoms with Crippen LogP contribution in [0.4, 0.5) is 0 Å². The van der Waals surface area contributed by atoms with E-state index in [1.165, 1.54) is 0 Å². The third kappa shape index (κ3) is 2.75. The maximum Gasteiger partial charge on any atom is 0.593 e. The largest absolute Gasteiger partial charge is 0.593 e. The van der Waals surface area contributed by atoms with E-state index in [0.29, 0.717) is 5.56 Å². The summed E-state index contributed by atoms with van der Waals surface area (Å²) in [5.74, 6) is 0. The van der Waals surface area contributed by atoms with E-state index in [1.54, 1.807) is 6.92 Å². The van der Waals surface area contributed by atoms with Crippen molar-refractivity contribution in [2.24, 2.45) is 0 Å². The van der Waals surface area contributed by atoms with E-state index in [2.05, 4.69) is 0 Å². The van der Waals surface area contributed by atoms with Crippen LogP contribution in [0.3, 0.4) is 0 Å². The van der Waals surface area contributed by atoms with Gasteiger partial charge < -0.3 is 0 Å². The van der Waals surface area contributed by atoms with Crippen LogP contribution in [-0.4, -0.2) is 12.1 Å². The van der Waals surface area contributed by atoms with E-state index in [9.17, 15) is 9.36 Å². The molecule has 1 rings (SSSR count). The molecule has 86 valence electrons. The van der Waals surface area contributed by atoms with Gasteiger partial charge in [-0.05, 0) is 43.4 Å². The molecule has 1 aromatic carbocycles. The predicted octanol–water partition coefficient (Wildman–Crippen LogP) is 3.53. The lowest BCUT2D eigenvalue weighted by atomic mass is 10.0. The molecule has 0 fully saturated rings. The second-order valence-corrected chi connectivity index (χ2v) is 4.93. The molecule has 0 bridgehead atoms. The van der Waals surface area contributed by atoms with Crippen molar-refractivity contribution in [2.45, 2.75) is 27.7 Å². The van der Waals surface area contributed by atoms with Gasteiger partial charge in [0.1, 0.15) is 6.61 Å². The first-order chi connectivity index (χ1) is 7.47. The van der Waals surface area contributed by atoms with Crippen LogP contribution in [0.2, 0.25) is 0 Å². The lowest BCUT2D eigenvalue weighted by Gasteiger charge is -2.04. The third-order valence-corrected chi connectivity index (χ3v) is 3.35. The van der Waals surface area contributed by atoms with Crippen LogP contribution in [-0.2, 0) is 9.09 Å². The minimum absolute atomic E-state index is 0.283. The van der Waals surface area contributed by atoms with Crippen molar-refractivity contribution < 1.29 is 13.9 Å². The molecular weight excluding hydrogens is 223 g/mol. The molecule has 0 aliphatic rings. The normalized spacial score (nSPS) is 11.4. The number of rotatable bonds is 4. The molecule has 0 amide bonds. The molecule has 1 aromatic rings. The van der Waals surface area contributed by atoms with Crippen LogP contribution in [0, 0.1) is 20.8 Å². The lowest BCUT2D eigenvalue weighted by Crippen LogP contribution is -2.02. The Bertz CT molecular complexity index is 415. The first-order valence-corrected chi connectivity index (χ1v) is 6.37. The number of hydrogen-bond acceptors (Lipinski definition) is 3. The number of hydrogen-bond donors (Lipinski definition) is 0. The molecule has 0 N–H and O–H groups in total. The molecule has 0 spiro atoms. The Hall–Kier alpha value is -1.05. The standard InChI is InChI=1S/C12H16O3P/c1-5-15-16(14)12(13)11-9(3)6-8(2)7-10(11)4/h6-7H,5H2,1-4H3/q+1. The summed E-state index contributed by atoms with van der Waals surface area (Å²) in [7, 11) is -2.25. The molecule has 16 heavy (non-hydrogen) atoms. The maximum absolute atomic E-state index is 11.9. The first-order valence-electron chi connectivity index (χ1n) is 5.19. The van der Waals surface area contributed by atoms with Crippen molar-refractivity contribution in [1.29, 1.82) is 0 Å². The smallest absolute Gasteiger partial charge is 0.231 e. The predicted molar refractivity (Wildman–Crippen MR) is 64.2 cm³/mol. The zero-order chi connectivity index (χ0) is 12.3. The van der Waals surface area contributed by atoms with E-state index in [0.717, 1.165) is 16.7 Å². The van der Waals surface area contributed by atoms with E-state index < -0.39 is 13.6 Å².